The lowest BCUT2D eigenvalue weighted by molar-refractivity contribution is -0.120. The summed E-state index contributed by atoms with van der Waals surface area (Å²) in [6.07, 6.45) is 7.16. The Hall–Kier alpha value is -4.52. The van der Waals surface area contributed by atoms with E-state index in [1.807, 2.05) is 83.5 Å². The summed E-state index contributed by atoms with van der Waals surface area (Å²) in [6.45, 7) is 3.60. The molecule has 1 aliphatic rings. The summed E-state index contributed by atoms with van der Waals surface area (Å²) in [5, 5.41) is 3.19. The molecule has 4 heterocycles. The second-order valence-electron chi connectivity index (χ2n) is 9.47. The Morgan fingerprint density at radius 1 is 0.919 bits per heavy atom. The minimum absolute atomic E-state index is 0.0527. The number of benzene rings is 2. The number of rotatable bonds is 5. The number of amides is 1. The Morgan fingerprint density at radius 2 is 1.70 bits per heavy atom. The van der Waals surface area contributed by atoms with Gasteiger partial charge in [0.2, 0.25) is 5.91 Å². The Labute approximate surface area is 215 Å². The summed E-state index contributed by atoms with van der Waals surface area (Å²) in [4.78, 5) is 29.3. The second-order valence-corrected chi connectivity index (χ2v) is 9.47. The first-order valence-corrected chi connectivity index (χ1v) is 12.6. The highest BCUT2D eigenvalue weighted by atomic mass is 16.1. The van der Waals surface area contributed by atoms with Crippen molar-refractivity contribution < 1.29 is 4.79 Å². The number of aryl methyl sites for hydroxylation is 1. The smallest absolute Gasteiger partial charge is 0.227 e. The van der Waals surface area contributed by atoms with Crippen molar-refractivity contribution in [2.75, 3.05) is 23.3 Å². The van der Waals surface area contributed by atoms with Crippen molar-refractivity contribution in [3.63, 3.8) is 0 Å². The fourth-order valence-electron chi connectivity index (χ4n) is 4.99. The lowest BCUT2D eigenvalue weighted by Crippen LogP contribution is -2.38. The van der Waals surface area contributed by atoms with Crippen LogP contribution in [0.2, 0.25) is 0 Å². The van der Waals surface area contributed by atoms with Crippen LogP contribution in [-0.4, -0.2) is 38.3 Å². The van der Waals surface area contributed by atoms with Crippen LogP contribution in [0.5, 0.6) is 0 Å². The van der Waals surface area contributed by atoms with Gasteiger partial charge in [0.05, 0.1) is 17.1 Å². The number of imidazole rings is 1. The molecule has 1 N–H and O–H groups in total. The Bertz CT molecular complexity index is 1550. The summed E-state index contributed by atoms with van der Waals surface area (Å²) in [5.41, 5.74) is 6.57. The number of anilines is 2. The topological polar surface area (TPSA) is 75.4 Å². The van der Waals surface area contributed by atoms with Crippen LogP contribution in [0.25, 0.3) is 28.2 Å². The van der Waals surface area contributed by atoms with Crippen LogP contribution in [-0.2, 0) is 4.79 Å². The molecule has 184 valence electrons. The van der Waals surface area contributed by atoms with E-state index in [0.29, 0.717) is 0 Å². The third-order valence-corrected chi connectivity index (χ3v) is 7.05. The van der Waals surface area contributed by atoms with E-state index in [9.17, 15) is 4.79 Å². The highest BCUT2D eigenvalue weighted by Gasteiger charge is 2.26. The number of para-hydroxylation sites is 1. The average molecular weight is 489 g/mol. The zero-order chi connectivity index (χ0) is 25.2. The molecule has 1 fully saturated rings. The van der Waals surface area contributed by atoms with E-state index < -0.39 is 0 Å². The minimum Gasteiger partial charge on any atom is -0.356 e. The number of carbonyl (C=O) groups excluding carboxylic acids is 1. The predicted octanol–water partition coefficient (Wildman–Crippen LogP) is 5.62. The maximum Gasteiger partial charge on any atom is 0.227 e. The van der Waals surface area contributed by atoms with Crippen LogP contribution in [0.15, 0.2) is 91.5 Å². The Morgan fingerprint density at radius 3 is 2.51 bits per heavy atom. The number of aromatic nitrogens is 4. The number of nitrogens with one attached hydrogen (secondary N) is 1. The molecule has 37 heavy (non-hydrogen) atoms. The molecule has 0 radical (unpaired) electrons. The fourth-order valence-corrected chi connectivity index (χ4v) is 4.99. The number of nitrogens with zero attached hydrogens (tertiary/aromatic N) is 5. The van der Waals surface area contributed by atoms with Crippen LogP contribution in [0.1, 0.15) is 18.4 Å². The van der Waals surface area contributed by atoms with Crippen molar-refractivity contribution in [2.24, 2.45) is 5.92 Å². The van der Waals surface area contributed by atoms with Gasteiger partial charge in [0, 0.05) is 48.6 Å². The highest BCUT2D eigenvalue weighted by molar-refractivity contribution is 5.96. The van der Waals surface area contributed by atoms with E-state index in [-0.39, 0.29) is 11.8 Å². The maximum atomic E-state index is 13.3. The van der Waals surface area contributed by atoms with Gasteiger partial charge in [-0.2, -0.15) is 0 Å². The number of piperidine rings is 1. The van der Waals surface area contributed by atoms with Crippen molar-refractivity contribution in [1.82, 2.24) is 19.4 Å². The second kappa shape index (κ2) is 9.85. The van der Waals surface area contributed by atoms with Gasteiger partial charge in [0.1, 0.15) is 17.8 Å². The molecular weight excluding hydrogens is 460 g/mol. The monoisotopic (exact) mass is 488 g/mol. The molecule has 6 rings (SSSR count). The van der Waals surface area contributed by atoms with Gasteiger partial charge < -0.3 is 14.6 Å². The standard InChI is InChI=1S/C30H28N6O/c1-21-8-7-15-36-19-27(33-29(21)36)24-11-5-6-12-25(24)34-30(37)23-13-16-35(17-14-23)28-18-26(31-20-32-28)22-9-3-2-4-10-22/h2-12,15,18-20,23H,13-14,16-17H2,1H3,(H,34,37). The first-order chi connectivity index (χ1) is 18.2. The molecule has 0 saturated carbocycles. The van der Waals surface area contributed by atoms with Crippen molar-refractivity contribution in [3.8, 4) is 22.5 Å². The number of hydrogen-bond donors (Lipinski definition) is 1. The molecular formula is C30H28N6O. The largest absolute Gasteiger partial charge is 0.356 e. The molecule has 0 unspecified atom stereocenters. The summed E-state index contributed by atoms with van der Waals surface area (Å²) < 4.78 is 2.02. The Balaban J connectivity index is 1.14. The van der Waals surface area contributed by atoms with E-state index in [2.05, 4.69) is 33.2 Å². The van der Waals surface area contributed by atoms with Crippen LogP contribution in [0, 0.1) is 12.8 Å². The molecule has 3 aromatic heterocycles. The zero-order valence-electron chi connectivity index (χ0n) is 20.7. The van der Waals surface area contributed by atoms with E-state index >= 15 is 0 Å². The van der Waals surface area contributed by atoms with E-state index in [4.69, 9.17) is 4.98 Å². The summed E-state index contributed by atoms with van der Waals surface area (Å²) >= 11 is 0. The van der Waals surface area contributed by atoms with Gasteiger partial charge >= 0.3 is 0 Å². The molecule has 0 bridgehead atoms. The van der Waals surface area contributed by atoms with Crippen molar-refractivity contribution in [3.05, 3.63) is 97.1 Å². The van der Waals surface area contributed by atoms with Gasteiger partial charge in [0.15, 0.2) is 0 Å². The van der Waals surface area contributed by atoms with Crippen molar-refractivity contribution in [2.45, 2.75) is 19.8 Å². The van der Waals surface area contributed by atoms with Gasteiger partial charge in [-0.3, -0.25) is 4.79 Å². The maximum absolute atomic E-state index is 13.3. The lowest BCUT2D eigenvalue weighted by atomic mass is 9.95. The van der Waals surface area contributed by atoms with Crippen LogP contribution in [0.3, 0.4) is 0 Å². The van der Waals surface area contributed by atoms with Gasteiger partial charge in [-0.15, -0.1) is 0 Å². The normalized spacial score (nSPS) is 14.1. The van der Waals surface area contributed by atoms with Gasteiger partial charge in [-0.25, -0.2) is 15.0 Å². The number of hydrogen-bond acceptors (Lipinski definition) is 5. The third-order valence-electron chi connectivity index (χ3n) is 7.05. The van der Waals surface area contributed by atoms with Gasteiger partial charge in [-0.1, -0.05) is 54.6 Å². The van der Waals surface area contributed by atoms with Gasteiger partial charge in [0.25, 0.3) is 0 Å². The molecule has 1 amide bonds. The predicted molar refractivity (Wildman–Crippen MR) is 146 cm³/mol. The summed E-state index contributed by atoms with van der Waals surface area (Å²) in [6, 6.07) is 24.1. The van der Waals surface area contributed by atoms with Crippen LogP contribution >= 0.6 is 0 Å². The lowest BCUT2D eigenvalue weighted by Gasteiger charge is -2.32. The summed E-state index contributed by atoms with van der Waals surface area (Å²) in [5.74, 6) is 0.906. The molecule has 0 spiro atoms. The average Bonchev–Trinajstić information content (AvgIpc) is 3.40. The van der Waals surface area contributed by atoms with E-state index in [0.717, 1.165) is 71.2 Å². The molecule has 2 aromatic carbocycles. The first-order valence-electron chi connectivity index (χ1n) is 12.6. The zero-order valence-corrected chi connectivity index (χ0v) is 20.7. The number of carbonyl (C=O) groups is 1. The minimum atomic E-state index is -0.0527. The molecule has 0 aliphatic carbocycles. The number of pyridine rings is 1. The third kappa shape index (κ3) is 4.68. The van der Waals surface area contributed by atoms with Crippen LogP contribution < -0.4 is 10.2 Å². The van der Waals surface area contributed by atoms with Crippen LogP contribution in [0.4, 0.5) is 11.5 Å². The first kappa shape index (κ1) is 22.9. The molecule has 7 nitrogen and oxygen atoms in total. The molecule has 1 saturated heterocycles. The van der Waals surface area contributed by atoms with E-state index in [1.54, 1.807) is 6.33 Å². The number of fused-ring (bicyclic) bond motifs is 1. The molecule has 7 heteroatoms. The van der Waals surface area contributed by atoms with Gasteiger partial charge in [-0.05, 0) is 37.5 Å². The van der Waals surface area contributed by atoms with E-state index in [1.165, 1.54) is 0 Å². The fraction of sp³-hybridized carbons (Fsp3) is 0.200. The van der Waals surface area contributed by atoms with Crippen molar-refractivity contribution >= 4 is 23.1 Å². The molecule has 0 atom stereocenters. The Kier molecular flexibility index (Phi) is 6.10. The molecule has 5 aromatic rings. The SMILES string of the molecule is Cc1cccn2cc(-c3ccccc3NC(=O)C3CCN(c4cc(-c5ccccc5)ncn4)CC3)nc12. The quantitative estimate of drug-likeness (QED) is 0.347. The van der Waals surface area contributed by atoms with Crippen molar-refractivity contribution in [1.29, 1.82) is 0 Å². The molecule has 1 aliphatic heterocycles. The summed E-state index contributed by atoms with van der Waals surface area (Å²) in [7, 11) is 0. The highest BCUT2D eigenvalue weighted by Crippen LogP contribution is 2.30.